The highest BCUT2D eigenvalue weighted by Gasteiger charge is 2.19. The van der Waals surface area contributed by atoms with Crippen molar-refractivity contribution in [3.63, 3.8) is 0 Å². The Balaban J connectivity index is 2.10. The molecule has 1 aliphatic rings. The SMILES string of the molecule is CC(C)CCCNC(=O)N1CCC(C)CC1. The highest BCUT2D eigenvalue weighted by Crippen LogP contribution is 2.15. The van der Waals surface area contributed by atoms with Gasteiger partial charge in [0.2, 0.25) is 0 Å². The van der Waals surface area contributed by atoms with Crippen LogP contribution in [-0.2, 0) is 0 Å². The fourth-order valence-corrected chi connectivity index (χ4v) is 2.03. The molecule has 1 N–H and O–H groups in total. The van der Waals surface area contributed by atoms with Crippen LogP contribution < -0.4 is 5.32 Å². The highest BCUT2D eigenvalue weighted by molar-refractivity contribution is 5.74. The van der Waals surface area contributed by atoms with Crippen molar-refractivity contribution in [2.45, 2.75) is 46.5 Å². The van der Waals surface area contributed by atoms with Crippen LogP contribution in [0.1, 0.15) is 46.5 Å². The van der Waals surface area contributed by atoms with E-state index in [4.69, 9.17) is 0 Å². The van der Waals surface area contributed by atoms with Crippen molar-refractivity contribution in [3.05, 3.63) is 0 Å². The maximum Gasteiger partial charge on any atom is 0.317 e. The summed E-state index contributed by atoms with van der Waals surface area (Å²) in [5.41, 5.74) is 0. The summed E-state index contributed by atoms with van der Waals surface area (Å²) in [5, 5.41) is 3.01. The summed E-state index contributed by atoms with van der Waals surface area (Å²) < 4.78 is 0. The van der Waals surface area contributed by atoms with Gasteiger partial charge in [-0.05, 0) is 37.5 Å². The molecule has 1 rings (SSSR count). The molecule has 16 heavy (non-hydrogen) atoms. The van der Waals surface area contributed by atoms with Crippen LogP contribution in [0.25, 0.3) is 0 Å². The van der Waals surface area contributed by atoms with E-state index in [2.05, 4.69) is 26.1 Å². The number of amides is 2. The lowest BCUT2D eigenvalue weighted by Crippen LogP contribution is -2.44. The topological polar surface area (TPSA) is 32.3 Å². The number of likely N-dealkylation sites (tertiary alicyclic amines) is 1. The van der Waals surface area contributed by atoms with Crippen LogP contribution >= 0.6 is 0 Å². The molecule has 1 heterocycles. The van der Waals surface area contributed by atoms with Gasteiger partial charge in [0.15, 0.2) is 0 Å². The van der Waals surface area contributed by atoms with E-state index in [1.807, 2.05) is 4.90 Å². The Labute approximate surface area is 99.6 Å². The molecule has 3 heteroatoms. The normalized spacial score (nSPS) is 17.9. The lowest BCUT2D eigenvalue weighted by atomic mass is 10.00. The third kappa shape index (κ3) is 4.86. The maximum absolute atomic E-state index is 11.8. The molecule has 0 aliphatic carbocycles. The number of urea groups is 1. The van der Waals surface area contributed by atoms with Crippen molar-refractivity contribution in [1.29, 1.82) is 0 Å². The number of nitrogens with zero attached hydrogens (tertiary/aromatic N) is 1. The monoisotopic (exact) mass is 226 g/mol. The summed E-state index contributed by atoms with van der Waals surface area (Å²) in [5.74, 6) is 1.51. The number of carbonyl (C=O) groups is 1. The van der Waals surface area contributed by atoms with Crippen LogP contribution in [0.15, 0.2) is 0 Å². The zero-order valence-electron chi connectivity index (χ0n) is 11.0. The minimum atomic E-state index is 0.135. The average molecular weight is 226 g/mol. The van der Waals surface area contributed by atoms with Gasteiger partial charge in [-0.25, -0.2) is 4.79 Å². The molecule has 0 spiro atoms. The summed E-state index contributed by atoms with van der Waals surface area (Å²) in [4.78, 5) is 13.7. The maximum atomic E-state index is 11.8. The number of nitrogens with one attached hydrogen (secondary N) is 1. The van der Waals surface area contributed by atoms with Crippen LogP contribution in [0.4, 0.5) is 4.79 Å². The Bertz CT molecular complexity index is 208. The van der Waals surface area contributed by atoms with Crippen molar-refractivity contribution >= 4 is 6.03 Å². The molecule has 0 saturated carbocycles. The molecule has 0 radical (unpaired) electrons. The van der Waals surface area contributed by atoms with Crippen molar-refractivity contribution in [2.24, 2.45) is 11.8 Å². The van der Waals surface area contributed by atoms with Crippen molar-refractivity contribution in [3.8, 4) is 0 Å². The van der Waals surface area contributed by atoms with Gasteiger partial charge in [-0.15, -0.1) is 0 Å². The number of carbonyl (C=O) groups excluding carboxylic acids is 1. The Morgan fingerprint density at radius 1 is 1.38 bits per heavy atom. The van der Waals surface area contributed by atoms with Crippen LogP contribution in [-0.4, -0.2) is 30.6 Å². The van der Waals surface area contributed by atoms with Crippen LogP contribution in [0.2, 0.25) is 0 Å². The van der Waals surface area contributed by atoms with Gasteiger partial charge in [0, 0.05) is 19.6 Å². The Morgan fingerprint density at radius 2 is 2.00 bits per heavy atom. The van der Waals surface area contributed by atoms with E-state index in [1.54, 1.807) is 0 Å². The predicted octanol–water partition coefficient (Wildman–Crippen LogP) is 2.86. The third-order valence-electron chi connectivity index (χ3n) is 3.31. The van der Waals surface area contributed by atoms with Gasteiger partial charge >= 0.3 is 6.03 Å². The fraction of sp³-hybridized carbons (Fsp3) is 0.923. The molecule has 1 aliphatic heterocycles. The Hall–Kier alpha value is -0.730. The van der Waals surface area contributed by atoms with E-state index in [0.29, 0.717) is 0 Å². The lowest BCUT2D eigenvalue weighted by Gasteiger charge is -2.30. The fourth-order valence-electron chi connectivity index (χ4n) is 2.03. The second-order valence-electron chi connectivity index (χ2n) is 5.44. The summed E-state index contributed by atoms with van der Waals surface area (Å²) in [7, 11) is 0. The largest absolute Gasteiger partial charge is 0.338 e. The van der Waals surface area contributed by atoms with Gasteiger partial charge in [-0.2, -0.15) is 0 Å². The third-order valence-corrected chi connectivity index (χ3v) is 3.31. The van der Waals surface area contributed by atoms with Gasteiger partial charge in [-0.1, -0.05) is 20.8 Å². The van der Waals surface area contributed by atoms with Crippen LogP contribution in [0.5, 0.6) is 0 Å². The Kier molecular flexibility index (Phi) is 5.64. The smallest absolute Gasteiger partial charge is 0.317 e. The molecule has 0 aromatic rings. The first kappa shape index (κ1) is 13.3. The summed E-state index contributed by atoms with van der Waals surface area (Å²) in [6.45, 7) is 9.37. The molecule has 0 aromatic carbocycles. The molecule has 0 unspecified atom stereocenters. The van der Waals surface area contributed by atoms with Gasteiger partial charge in [0.25, 0.3) is 0 Å². The molecule has 94 valence electrons. The zero-order chi connectivity index (χ0) is 12.0. The van der Waals surface area contributed by atoms with Crippen LogP contribution in [0.3, 0.4) is 0 Å². The van der Waals surface area contributed by atoms with Gasteiger partial charge in [-0.3, -0.25) is 0 Å². The minimum absolute atomic E-state index is 0.135. The van der Waals surface area contributed by atoms with Crippen molar-refractivity contribution < 1.29 is 4.79 Å². The number of rotatable bonds is 4. The second-order valence-corrected chi connectivity index (χ2v) is 5.44. The van der Waals surface area contributed by atoms with E-state index in [1.165, 1.54) is 6.42 Å². The van der Waals surface area contributed by atoms with E-state index in [9.17, 15) is 4.79 Å². The molecule has 3 nitrogen and oxygen atoms in total. The molecular formula is C13H26N2O. The average Bonchev–Trinajstić information content (AvgIpc) is 2.25. The van der Waals surface area contributed by atoms with Crippen LogP contribution in [0, 0.1) is 11.8 Å². The molecule has 0 aromatic heterocycles. The highest BCUT2D eigenvalue weighted by atomic mass is 16.2. The van der Waals surface area contributed by atoms with Crippen molar-refractivity contribution in [1.82, 2.24) is 10.2 Å². The minimum Gasteiger partial charge on any atom is -0.338 e. The molecular weight excluding hydrogens is 200 g/mol. The van der Waals surface area contributed by atoms with E-state index >= 15 is 0 Å². The van der Waals surface area contributed by atoms with E-state index in [0.717, 1.165) is 50.7 Å². The number of hydrogen-bond donors (Lipinski definition) is 1. The molecule has 1 saturated heterocycles. The Morgan fingerprint density at radius 3 is 2.56 bits per heavy atom. The molecule has 0 bridgehead atoms. The van der Waals surface area contributed by atoms with Gasteiger partial charge < -0.3 is 10.2 Å². The zero-order valence-corrected chi connectivity index (χ0v) is 11.0. The summed E-state index contributed by atoms with van der Waals surface area (Å²) >= 11 is 0. The second kappa shape index (κ2) is 6.77. The van der Waals surface area contributed by atoms with Gasteiger partial charge in [0.1, 0.15) is 0 Å². The quantitative estimate of drug-likeness (QED) is 0.734. The first-order valence-corrected chi connectivity index (χ1v) is 6.62. The standard InChI is InChI=1S/C13H26N2O/c1-11(2)5-4-8-14-13(16)15-9-6-12(3)7-10-15/h11-12H,4-10H2,1-3H3,(H,14,16). The van der Waals surface area contributed by atoms with Crippen molar-refractivity contribution in [2.75, 3.05) is 19.6 Å². The predicted molar refractivity (Wildman–Crippen MR) is 67.4 cm³/mol. The number of hydrogen-bond acceptors (Lipinski definition) is 1. The first-order valence-electron chi connectivity index (χ1n) is 6.62. The summed E-state index contributed by atoms with van der Waals surface area (Å²) in [6, 6.07) is 0.135. The van der Waals surface area contributed by atoms with E-state index in [-0.39, 0.29) is 6.03 Å². The van der Waals surface area contributed by atoms with Gasteiger partial charge in [0.05, 0.1) is 0 Å². The molecule has 1 fully saturated rings. The number of piperidine rings is 1. The lowest BCUT2D eigenvalue weighted by molar-refractivity contribution is 0.174. The first-order chi connectivity index (χ1) is 7.59. The molecule has 0 atom stereocenters. The van der Waals surface area contributed by atoms with E-state index < -0.39 is 0 Å². The molecule has 2 amide bonds. The summed E-state index contributed by atoms with van der Waals surface area (Å²) in [6.07, 6.45) is 4.59.